The van der Waals surface area contributed by atoms with Crippen molar-refractivity contribution in [3.8, 4) is 0 Å². The van der Waals surface area contributed by atoms with E-state index in [2.05, 4.69) is 45.9 Å². The van der Waals surface area contributed by atoms with Crippen LogP contribution in [0.25, 0.3) is 0 Å². The normalized spacial score (nSPS) is 22.2. The molecule has 1 amide bonds. The molecule has 2 saturated heterocycles. The van der Waals surface area contributed by atoms with E-state index in [0.717, 1.165) is 64.9 Å². The second-order valence-corrected chi connectivity index (χ2v) is 7.13. The highest BCUT2D eigenvalue weighted by atomic mass is 16.5. The Labute approximate surface area is 151 Å². The second kappa shape index (κ2) is 9.90. The molecule has 2 aliphatic rings. The molecule has 5 nitrogen and oxygen atoms in total. The van der Waals surface area contributed by atoms with Crippen molar-refractivity contribution >= 4 is 5.91 Å². The summed E-state index contributed by atoms with van der Waals surface area (Å²) in [5, 5.41) is 6.23. The van der Waals surface area contributed by atoms with Crippen LogP contribution >= 0.6 is 0 Å². The Bertz CT molecular complexity index is 509. The summed E-state index contributed by atoms with van der Waals surface area (Å²) >= 11 is 0. The lowest BCUT2D eigenvalue weighted by molar-refractivity contribution is -0.122. The molecule has 1 aromatic carbocycles. The SMILES string of the molecule is O=C(NCCCOC1CCN(Cc2ccccc2)CC1)[C@@H]1CCCN1. The maximum Gasteiger partial charge on any atom is 0.237 e. The summed E-state index contributed by atoms with van der Waals surface area (Å²) in [7, 11) is 0. The van der Waals surface area contributed by atoms with Gasteiger partial charge in [-0.05, 0) is 44.2 Å². The molecule has 0 saturated carbocycles. The molecule has 0 aliphatic carbocycles. The van der Waals surface area contributed by atoms with E-state index in [1.165, 1.54) is 5.56 Å². The summed E-state index contributed by atoms with van der Waals surface area (Å²) in [4.78, 5) is 14.4. The number of nitrogens with one attached hydrogen (secondary N) is 2. The number of carbonyl (C=O) groups is 1. The zero-order chi connectivity index (χ0) is 17.3. The Morgan fingerprint density at radius 1 is 1.20 bits per heavy atom. The zero-order valence-corrected chi connectivity index (χ0v) is 15.1. The Hall–Kier alpha value is -1.43. The molecule has 0 radical (unpaired) electrons. The Balaban J connectivity index is 1.23. The van der Waals surface area contributed by atoms with Gasteiger partial charge in [-0.25, -0.2) is 0 Å². The number of amides is 1. The van der Waals surface area contributed by atoms with Gasteiger partial charge in [0.25, 0.3) is 0 Å². The Morgan fingerprint density at radius 2 is 2.00 bits per heavy atom. The summed E-state index contributed by atoms with van der Waals surface area (Å²) in [5.74, 6) is 0.145. The van der Waals surface area contributed by atoms with Gasteiger partial charge < -0.3 is 15.4 Å². The van der Waals surface area contributed by atoms with Crippen LogP contribution in [0.3, 0.4) is 0 Å². The molecule has 2 N–H and O–H groups in total. The fraction of sp³-hybridized carbons (Fsp3) is 0.650. The molecular formula is C20H31N3O2. The summed E-state index contributed by atoms with van der Waals surface area (Å²) in [6, 6.07) is 10.7. The van der Waals surface area contributed by atoms with E-state index in [4.69, 9.17) is 4.74 Å². The Morgan fingerprint density at radius 3 is 2.72 bits per heavy atom. The minimum absolute atomic E-state index is 0.0230. The van der Waals surface area contributed by atoms with E-state index in [-0.39, 0.29) is 11.9 Å². The van der Waals surface area contributed by atoms with Crippen molar-refractivity contribution in [2.45, 2.75) is 50.8 Å². The summed E-state index contributed by atoms with van der Waals surface area (Å²) in [6.07, 6.45) is 5.53. The van der Waals surface area contributed by atoms with Crippen molar-refractivity contribution in [1.29, 1.82) is 0 Å². The van der Waals surface area contributed by atoms with E-state index in [0.29, 0.717) is 12.6 Å². The average molecular weight is 345 g/mol. The number of hydrogen-bond acceptors (Lipinski definition) is 4. The average Bonchev–Trinajstić information content (AvgIpc) is 3.18. The van der Waals surface area contributed by atoms with E-state index in [1.54, 1.807) is 0 Å². The third kappa shape index (κ3) is 6.10. The molecule has 2 heterocycles. The van der Waals surface area contributed by atoms with E-state index >= 15 is 0 Å². The largest absolute Gasteiger partial charge is 0.378 e. The standard InChI is InChI=1S/C20H31N3O2/c24-20(19-8-4-11-21-19)22-12-5-15-25-18-9-13-23(14-10-18)16-17-6-2-1-3-7-17/h1-3,6-7,18-19,21H,4-5,8-16H2,(H,22,24)/t19-/m0/s1. The summed E-state index contributed by atoms with van der Waals surface area (Å²) in [6.45, 7) is 5.65. The molecule has 1 atom stereocenters. The second-order valence-electron chi connectivity index (χ2n) is 7.13. The predicted octanol–water partition coefficient (Wildman–Crippen LogP) is 1.93. The minimum atomic E-state index is 0.0230. The van der Waals surface area contributed by atoms with Crippen molar-refractivity contribution in [1.82, 2.24) is 15.5 Å². The van der Waals surface area contributed by atoms with Crippen LogP contribution in [0.4, 0.5) is 0 Å². The van der Waals surface area contributed by atoms with Gasteiger partial charge in [-0.1, -0.05) is 30.3 Å². The first-order chi connectivity index (χ1) is 12.3. The summed E-state index contributed by atoms with van der Waals surface area (Å²) < 4.78 is 6.00. The lowest BCUT2D eigenvalue weighted by Gasteiger charge is -2.32. The molecule has 3 rings (SSSR count). The molecular weight excluding hydrogens is 314 g/mol. The first-order valence-corrected chi connectivity index (χ1v) is 9.70. The third-order valence-corrected chi connectivity index (χ3v) is 5.13. The highest BCUT2D eigenvalue weighted by molar-refractivity contribution is 5.81. The maximum absolute atomic E-state index is 11.9. The van der Waals surface area contributed by atoms with Crippen molar-refractivity contribution in [2.24, 2.45) is 0 Å². The number of benzene rings is 1. The van der Waals surface area contributed by atoms with Gasteiger partial charge in [0, 0.05) is 32.8 Å². The first-order valence-electron chi connectivity index (χ1n) is 9.70. The van der Waals surface area contributed by atoms with Crippen LogP contribution in [0.2, 0.25) is 0 Å². The number of carbonyl (C=O) groups excluding carboxylic acids is 1. The highest BCUT2D eigenvalue weighted by Crippen LogP contribution is 2.16. The molecule has 5 heteroatoms. The van der Waals surface area contributed by atoms with E-state index < -0.39 is 0 Å². The van der Waals surface area contributed by atoms with Crippen LogP contribution in [0, 0.1) is 0 Å². The number of ether oxygens (including phenoxy) is 1. The van der Waals surface area contributed by atoms with E-state index in [9.17, 15) is 4.79 Å². The van der Waals surface area contributed by atoms with Gasteiger partial charge in [0.1, 0.15) is 0 Å². The van der Waals surface area contributed by atoms with Gasteiger partial charge in [0.2, 0.25) is 5.91 Å². The molecule has 25 heavy (non-hydrogen) atoms. The summed E-state index contributed by atoms with van der Waals surface area (Å²) in [5.41, 5.74) is 1.38. The monoisotopic (exact) mass is 345 g/mol. The number of nitrogens with zero attached hydrogens (tertiary/aromatic N) is 1. The van der Waals surface area contributed by atoms with Gasteiger partial charge in [0.05, 0.1) is 12.1 Å². The zero-order valence-electron chi connectivity index (χ0n) is 15.1. The first kappa shape index (κ1) is 18.4. The van der Waals surface area contributed by atoms with Crippen LogP contribution in [-0.4, -0.2) is 55.7 Å². The fourth-order valence-electron chi connectivity index (χ4n) is 3.64. The Kier molecular flexibility index (Phi) is 7.27. The number of hydrogen-bond donors (Lipinski definition) is 2. The van der Waals surface area contributed by atoms with Gasteiger partial charge in [0.15, 0.2) is 0 Å². The third-order valence-electron chi connectivity index (χ3n) is 5.13. The van der Waals surface area contributed by atoms with Crippen LogP contribution in [0.5, 0.6) is 0 Å². The van der Waals surface area contributed by atoms with Gasteiger partial charge in [-0.15, -0.1) is 0 Å². The van der Waals surface area contributed by atoms with Crippen molar-refractivity contribution in [2.75, 3.05) is 32.8 Å². The molecule has 2 fully saturated rings. The molecule has 0 aromatic heterocycles. The molecule has 0 unspecified atom stereocenters. The number of rotatable bonds is 8. The lowest BCUT2D eigenvalue weighted by Crippen LogP contribution is -2.41. The van der Waals surface area contributed by atoms with Crippen molar-refractivity contribution in [3.63, 3.8) is 0 Å². The van der Waals surface area contributed by atoms with Crippen molar-refractivity contribution in [3.05, 3.63) is 35.9 Å². The van der Waals surface area contributed by atoms with Crippen LogP contribution < -0.4 is 10.6 Å². The smallest absolute Gasteiger partial charge is 0.237 e. The van der Waals surface area contributed by atoms with Gasteiger partial charge in [-0.2, -0.15) is 0 Å². The van der Waals surface area contributed by atoms with Crippen LogP contribution in [-0.2, 0) is 16.1 Å². The number of piperidine rings is 1. The van der Waals surface area contributed by atoms with E-state index in [1.807, 2.05) is 0 Å². The quantitative estimate of drug-likeness (QED) is 0.707. The minimum Gasteiger partial charge on any atom is -0.378 e. The highest BCUT2D eigenvalue weighted by Gasteiger charge is 2.22. The molecule has 0 bridgehead atoms. The molecule has 2 aliphatic heterocycles. The maximum atomic E-state index is 11.9. The molecule has 1 aromatic rings. The van der Waals surface area contributed by atoms with Gasteiger partial charge in [-0.3, -0.25) is 9.69 Å². The molecule has 0 spiro atoms. The van der Waals surface area contributed by atoms with Gasteiger partial charge >= 0.3 is 0 Å². The van der Waals surface area contributed by atoms with Crippen molar-refractivity contribution < 1.29 is 9.53 Å². The molecule has 138 valence electrons. The fourth-order valence-corrected chi connectivity index (χ4v) is 3.64. The van der Waals surface area contributed by atoms with Crippen LogP contribution in [0.15, 0.2) is 30.3 Å². The van der Waals surface area contributed by atoms with Crippen LogP contribution in [0.1, 0.15) is 37.7 Å². The lowest BCUT2D eigenvalue weighted by atomic mass is 10.1. The number of likely N-dealkylation sites (tertiary alicyclic amines) is 1. The predicted molar refractivity (Wildman–Crippen MR) is 99.3 cm³/mol. The topological polar surface area (TPSA) is 53.6 Å².